The predicted molar refractivity (Wildman–Crippen MR) is 136 cm³/mol. The Hall–Kier alpha value is -2.91. The van der Waals surface area contributed by atoms with Crippen molar-refractivity contribution in [2.75, 3.05) is 19.0 Å². The highest BCUT2D eigenvalue weighted by atomic mass is 79.9. The number of hydrogen-bond donors (Lipinski definition) is 3. The summed E-state index contributed by atoms with van der Waals surface area (Å²) in [6.07, 6.45) is 2.00. The molecular weight excluding hydrogens is 504 g/mol. The van der Waals surface area contributed by atoms with Crippen LogP contribution in [0.4, 0.5) is 5.13 Å². The fraction of sp³-hybridized carbons (Fsp3) is 0.292. The normalized spacial score (nSPS) is 11.6. The Morgan fingerprint density at radius 2 is 1.94 bits per heavy atom. The highest BCUT2D eigenvalue weighted by Gasteiger charge is 2.18. The molecule has 0 saturated carbocycles. The molecule has 1 atom stereocenters. The number of anilines is 1. The molecule has 0 aliphatic carbocycles. The Morgan fingerprint density at radius 3 is 2.64 bits per heavy atom. The maximum absolute atomic E-state index is 12.3. The number of hydrogen-bond acceptors (Lipinski definition) is 6. The SMILES string of the molecule is COc1cccc(C(=O)NCCCC[C@@H](Nc2nc(-c3ccc(Br)cc3)c(C)s2)C(N)=O)c1. The summed E-state index contributed by atoms with van der Waals surface area (Å²) in [5.74, 6) is 0.0596. The van der Waals surface area contributed by atoms with Gasteiger partial charge in [0.05, 0.1) is 12.8 Å². The first kappa shape index (κ1) is 24.7. The number of amides is 2. The first-order chi connectivity index (χ1) is 15.9. The van der Waals surface area contributed by atoms with Crippen LogP contribution in [0.5, 0.6) is 5.75 Å². The number of ether oxygens (including phenoxy) is 1. The summed E-state index contributed by atoms with van der Waals surface area (Å²) in [4.78, 5) is 30.0. The number of carbonyl (C=O) groups excluding carboxylic acids is 2. The number of nitrogens with zero attached hydrogens (tertiary/aromatic N) is 1. The summed E-state index contributed by atoms with van der Waals surface area (Å²) < 4.78 is 6.15. The second-order valence-corrected chi connectivity index (χ2v) is 9.63. The van der Waals surface area contributed by atoms with E-state index >= 15 is 0 Å². The molecule has 174 valence electrons. The van der Waals surface area contributed by atoms with Crippen molar-refractivity contribution in [1.29, 1.82) is 0 Å². The number of methoxy groups -OCH3 is 1. The molecule has 2 aromatic carbocycles. The van der Waals surface area contributed by atoms with Crippen LogP contribution in [0.15, 0.2) is 53.0 Å². The van der Waals surface area contributed by atoms with Crippen LogP contribution in [0.2, 0.25) is 0 Å². The lowest BCUT2D eigenvalue weighted by molar-refractivity contribution is -0.118. The summed E-state index contributed by atoms with van der Waals surface area (Å²) in [6, 6.07) is 14.4. The Morgan fingerprint density at radius 1 is 1.18 bits per heavy atom. The highest BCUT2D eigenvalue weighted by molar-refractivity contribution is 9.10. The van der Waals surface area contributed by atoms with Crippen LogP contribution < -0.4 is 21.1 Å². The second kappa shape index (κ2) is 11.8. The summed E-state index contributed by atoms with van der Waals surface area (Å²) in [7, 11) is 1.56. The maximum atomic E-state index is 12.3. The molecule has 0 radical (unpaired) electrons. The Bertz CT molecular complexity index is 1100. The Balaban J connectivity index is 1.49. The standard InChI is InChI=1S/C24H27BrN4O3S/c1-15-21(16-9-11-18(25)12-10-16)29-24(33-15)28-20(22(26)30)8-3-4-13-27-23(31)17-6-5-7-19(14-17)32-2/h5-7,9-12,14,20H,3-4,8,13H2,1-2H3,(H2,26,30)(H,27,31)(H,28,29)/t20-/m1/s1. The van der Waals surface area contributed by atoms with Gasteiger partial charge in [0.1, 0.15) is 11.8 Å². The third kappa shape index (κ3) is 7.03. The minimum absolute atomic E-state index is 0.155. The van der Waals surface area contributed by atoms with E-state index in [0.29, 0.717) is 29.4 Å². The van der Waals surface area contributed by atoms with Crippen molar-refractivity contribution in [1.82, 2.24) is 10.3 Å². The summed E-state index contributed by atoms with van der Waals surface area (Å²) >= 11 is 4.94. The van der Waals surface area contributed by atoms with E-state index in [1.54, 1.807) is 31.4 Å². The van der Waals surface area contributed by atoms with Crippen molar-refractivity contribution in [3.05, 3.63) is 63.4 Å². The number of nitrogens with one attached hydrogen (secondary N) is 2. The van der Waals surface area contributed by atoms with Gasteiger partial charge in [-0.3, -0.25) is 9.59 Å². The number of primary amides is 1. The van der Waals surface area contributed by atoms with Crippen LogP contribution in [0.25, 0.3) is 11.3 Å². The van der Waals surface area contributed by atoms with E-state index in [-0.39, 0.29) is 5.91 Å². The van der Waals surface area contributed by atoms with Gasteiger partial charge >= 0.3 is 0 Å². The lowest BCUT2D eigenvalue weighted by Crippen LogP contribution is -2.35. The van der Waals surface area contributed by atoms with Gasteiger partial charge in [-0.25, -0.2) is 4.98 Å². The third-order valence-corrected chi connectivity index (χ3v) is 6.52. The van der Waals surface area contributed by atoms with Crippen LogP contribution in [0.3, 0.4) is 0 Å². The smallest absolute Gasteiger partial charge is 0.251 e. The van der Waals surface area contributed by atoms with Crippen LogP contribution in [0, 0.1) is 6.92 Å². The number of nitrogens with two attached hydrogens (primary N) is 1. The number of rotatable bonds is 11. The first-order valence-corrected chi connectivity index (χ1v) is 12.2. The molecule has 0 spiro atoms. The molecule has 0 aliphatic rings. The van der Waals surface area contributed by atoms with Gasteiger partial charge in [0.15, 0.2) is 5.13 Å². The zero-order valence-electron chi connectivity index (χ0n) is 18.6. The van der Waals surface area contributed by atoms with E-state index in [4.69, 9.17) is 10.5 Å². The Labute approximate surface area is 205 Å². The van der Waals surface area contributed by atoms with Crippen molar-refractivity contribution in [3.63, 3.8) is 0 Å². The van der Waals surface area contributed by atoms with Crippen LogP contribution in [-0.2, 0) is 4.79 Å². The van der Waals surface area contributed by atoms with Gasteiger partial charge in [0.2, 0.25) is 5.91 Å². The molecule has 4 N–H and O–H groups in total. The van der Waals surface area contributed by atoms with Gasteiger partial charge in [0.25, 0.3) is 5.91 Å². The molecule has 7 nitrogen and oxygen atoms in total. The fourth-order valence-corrected chi connectivity index (χ4v) is 4.46. The topological polar surface area (TPSA) is 106 Å². The number of carbonyl (C=O) groups is 2. The molecule has 0 bridgehead atoms. The van der Waals surface area contributed by atoms with E-state index < -0.39 is 11.9 Å². The van der Waals surface area contributed by atoms with Crippen molar-refractivity contribution in [2.24, 2.45) is 5.73 Å². The lowest BCUT2D eigenvalue weighted by Gasteiger charge is -2.14. The summed E-state index contributed by atoms with van der Waals surface area (Å²) in [5.41, 5.74) is 8.06. The molecule has 9 heteroatoms. The first-order valence-electron chi connectivity index (χ1n) is 10.6. The van der Waals surface area contributed by atoms with Crippen molar-refractivity contribution >= 4 is 44.2 Å². The number of thiazole rings is 1. The zero-order chi connectivity index (χ0) is 23.8. The summed E-state index contributed by atoms with van der Waals surface area (Å²) in [6.45, 7) is 2.51. The van der Waals surface area contributed by atoms with E-state index in [1.165, 1.54) is 11.3 Å². The minimum Gasteiger partial charge on any atom is -0.497 e. The van der Waals surface area contributed by atoms with Crippen LogP contribution >= 0.6 is 27.3 Å². The van der Waals surface area contributed by atoms with Gasteiger partial charge in [0, 0.05) is 27.0 Å². The molecule has 3 aromatic rings. The highest BCUT2D eigenvalue weighted by Crippen LogP contribution is 2.31. The largest absolute Gasteiger partial charge is 0.497 e. The lowest BCUT2D eigenvalue weighted by atomic mass is 10.1. The van der Waals surface area contributed by atoms with Gasteiger partial charge in [-0.05, 0) is 56.5 Å². The number of benzene rings is 2. The van der Waals surface area contributed by atoms with Crippen molar-refractivity contribution in [2.45, 2.75) is 32.2 Å². The molecule has 0 saturated heterocycles. The maximum Gasteiger partial charge on any atom is 0.251 e. The van der Waals surface area contributed by atoms with Gasteiger partial charge in [-0.2, -0.15) is 0 Å². The number of halogens is 1. The average Bonchev–Trinajstić information content (AvgIpc) is 3.18. The van der Waals surface area contributed by atoms with Gasteiger partial charge in [-0.1, -0.05) is 34.1 Å². The van der Waals surface area contributed by atoms with E-state index in [0.717, 1.165) is 33.4 Å². The van der Waals surface area contributed by atoms with E-state index in [9.17, 15) is 9.59 Å². The monoisotopic (exact) mass is 530 g/mol. The zero-order valence-corrected chi connectivity index (χ0v) is 21.0. The third-order valence-electron chi connectivity index (χ3n) is 5.09. The van der Waals surface area contributed by atoms with Crippen LogP contribution in [0.1, 0.15) is 34.5 Å². The molecular formula is C24H27BrN4O3S. The van der Waals surface area contributed by atoms with Crippen molar-refractivity contribution < 1.29 is 14.3 Å². The van der Waals surface area contributed by atoms with Crippen molar-refractivity contribution in [3.8, 4) is 17.0 Å². The Kier molecular flexibility index (Phi) is 8.85. The fourth-order valence-electron chi connectivity index (χ4n) is 3.31. The molecule has 2 amide bonds. The molecule has 1 aromatic heterocycles. The van der Waals surface area contributed by atoms with Gasteiger partial charge < -0.3 is 21.1 Å². The summed E-state index contributed by atoms with van der Waals surface area (Å²) in [5, 5.41) is 6.74. The van der Waals surface area contributed by atoms with E-state index in [2.05, 4.69) is 31.5 Å². The van der Waals surface area contributed by atoms with Gasteiger partial charge in [-0.15, -0.1) is 11.3 Å². The molecule has 33 heavy (non-hydrogen) atoms. The number of aromatic nitrogens is 1. The molecule has 1 heterocycles. The predicted octanol–water partition coefficient (Wildman–Crippen LogP) is 4.76. The quantitative estimate of drug-likeness (QED) is 0.310. The molecule has 3 rings (SSSR count). The molecule has 0 fully saturated rings. The number of aryl methyl sites for hydroxylation is 1. The molecule has 0 aliphatic heterocycles. The van der Waals surface area contributed by atoms with E-state index in [1.807, 2.05) is 31.2 Å². The molecule has 0 unspecified atom stereocenters. The minimum atomic E-state index is -0.526. The average molecular weight is 531 g/mol. The number of unbranched alkanes of at least 4 members (excludes halogenated alkanes) is 1. The van der Waals surface area contributed by atoms with Crippen LogP contribution in [-0.4, -0.2) is 36.5 Å². The second-order valence-electron chi connectivity index (χ2n) is 7.51.